The summed E-state index contributed by atoms with van der Waals surface area (Å²) in [6.45, 7) is 15.9. The fraction of sp³-hybridized carbons (Fsp3) is 0.733. The molecule has 0 aromatic carbocycles. The molecule has 0 bridgehead atoms. The molecule has 0 unspecified atom stereocenters. The highest BCUT2D eigenvalue weighted by atomic mass is 31.1. The Bertz CT molecular complexity index is 260. The van der Waals surface area contributed by atoms with Gasteiger partial charge in [0.15, 0.2) is 0 Å². The molecule has 0 heterocycles. The molecule has 1 rings (SSSR count). The molecule has 0 fully saturated rings. The van der Waals surface area contributed by atoms with Gasteiger partial charge in [-0.2, -0.15) is 0 Å². The molecule has 3 radical (unpaired) electrons. The number of hydrogen-bond donors (Lipinski definition) is 0. The van der Waals surface area contributed by atoms with Gasteiger partial charge >= 0.3 is 0 Å². The monoisotopic (exact) mass is 279 g/mol. The van der Waals surface area contributed by atoms with Crippen LogP contribution in [0.2, 0.25) is 0 Å². The van der Waals surface area contributed by atoms with E-state index in [1.54, 1.807) is 0 Å². The second-order valence-corrected chi connectivity index (χ2v) is 7.09. The van der Waals surface area contributed by atoms with Crippen molar-refractivity contribution >= 4 is 16.6 Å². The first kappa shape index (κ1) is 18.9. The Morgan fingerprint density at radius 3 is 1.47 bits per heavy atom. The second-order valence-electron chi connectivity index (χ2n) is 4.72. The number of nitrogens with zero attached hydrogens (tertiary/aromatic N) is 2. The Balaban J connectivity index is 0.00000324. The summed E-state index contributed by atoms with van der Waals surface area (Å²) in [4.78, 5) is 0. The molecule has 0 N–H and O–H groups in total. The van der Waals surface area contributed by atoms with E-state index < -0.39 is 0 Å². The van der Waals surface area contributed by atoms with Crippen molar-refractivity contribution in [2.24, 2.45) is 5.92 Å². The van der Waals surface area contributed by atoms with Gasteiger partial charge in [0.25, 0.3) is 0 Å². The third-order valence-electron chi connectivity index (χ3n) is 3.53. The van der Waals surface area contributed by atoms with Gasteiger partial charge in [-0.1, -0.05) is 58.9 Å². The molecular weight excluding hydrogens is 250 g/mol. The van der Waals surface area contributed by atoms with E-state index in [9.17, 15) is 0 Å². The first-order valence-electron chi connectivity index (χ1n) is 7.33. The summed E-state index contributed by atoms with van der Waals surface area (Å²) >= 11 is 0. The van der Waals surface area contributed by atoms with E-state index in [2.05, 4.69) is 68.3 Å². The van der Waals surface area contributed by atoms with Gasteiger partial charge in [0.2, 0.25) is 0 Å². The molecule has 19 heavy (non-hydrogen) atoms. The summed E-state index contributed by atoms with van der Waals surface area (Å²) in [6, 6.07) is 0. The Hall–Kier alpha value is -0.105. The molecule has 0 atom stereocenters. The van der Waals surface area contributed by atoms with E-state index >= 15 is 0 Å². The van der Waals surface area contributed by atoms with Crippen LogP contribution in [0.4, 0.5) is 0 Å². The summed E-state index contributed by atoms with van der Waals surface area (Å²) in [5, 5.41) is 0. The van der Waals surface area contributed by atoms with Crippen molar-refractivity contribution in [2.45, 2.75) is 40.3 Å². The molecule has 107 valence electrons. The van der Waals surface area contributed by atoms with Crippen molar-refractivity contribution in [3.8, 4) is 0 Å². The molecule has 0 aromatic heterocycles. The Morgan fingerprint density at radius 1 is 0.789 bits per heavy atom. The zero-order chi connectivity index (χ0) is 13.5. The number of allylic oxidation sites excluding steroid dienone is 4. The fourth-order valence-electron chi connectivity index (χ4n) is 2.44. The highest BCUT2D eigenvalue weighted by Gasteiger charge is 2.28. The van der Waals surface area contributed by atoms with Crippen molar-refractivity contribution in [3.63, 3.8) is 0 Å². The van der Waals surface area contributed by atoms with Gasteiger partial charge in [-0.05, 0) is 5.92 Å². The van der Waals surface area contributed by atoms with Gasteiger partial charge in [0.1, 0.15) is 0 Å². The van der Waals surface area contributed by atoms with Gasteiger partial charge in [0, 0.05) is 40.3 Å². The predicted octanol–water partition coefficient (Wildman–Crippen LogP) is 3.73. The smallest absolute Gasteiger partial charge is 0.0506 e. The molecular formula is C15H29BN2P. The van der Waals surface area contributed by atoms with Crippen LogP contribution in [0, 0.1) is 5.92 Å². The first-order valence-corrected chi connectivity index (χ1v) is 8.65. The highest BCUT2D eigenvalue weighted by Crippen LogP contribution is 2.50. The van der Waals surface area contributed by atoms with Crippen LogP contribution in [-0.2, 0) is 0 Å². The van der Waals surface area contributed by atoms with E-state index in [-0.39, 0.29) is 16.6 Å². The van der Waals surface area contributed by atoms with Crippen LogP contribution in [-0.4, -0.2) is 49.6 Å². The molecule has 0 spiro atoms. The fourth-order valence-corrected chi connectivity index (χ4v) is 5.22. The predicted molar refractivity (Wildman–Crippen MR) is 89.7 cm³/mol. The van der Waals surface area contributed by atoms with Crippen LogP contribution in [0.1, 0.15) is 34.6 Å². The minimum atomic E-state index is -0.232. The molecule has 0 saturated heterocycles. The Kier molecular flexibility index (Phi) is 9.69. The van der Waals surface area contributed by atoms with Crippen molar-refractivity contribution in [1.29, 1.82) is 0 Å². The van der Waals surface area contributed by atoms with Gasteiger partial charge < -0.3 is 0 Å². The molecule has 2 nitrogen and oxygen atoms in total. The summed E-state index contributed by atoms with van der Waals surface area (Å²) in [5.74, 6) is 0.603. The SMILES string of the molecule is CCN(CC)P(C1C=CC(C)C=C1)N(CC)CC.[B]. The lowest BCUT2D eigenvalue weighted by Crippen LogP contribution is -2.33. The van der Waals surface area contributed by atoms with Crippen molar-refractivity contribution in [1.82, 2.24) is 9.34 Å². The lowest BCUT2D eigenvalue weighted by Gasteiger charge is -2.41. The van der Waals surface area contributed by atoms with Crippen LogP contribution in [0.15, 0.2) is 24.3 Å². The minimum absolute atomic E-state index is 0. The molecule has 0 amide bonds. The molecule has 1 aliphatic carbocycles. The summed E-state index contributed by atoms with van der Waals surface area (Å²) in [6.07, 6.45) is 9.56. The summed E-state index contributed by atoms with van der Waals surface area (Å²) < 4.78 is 5.27. The Labute approximate surface area is 123 Å². The van der Waals surface area contributed by atoms with Crippen LogP contribution in [0.25, 0.3) is 0 Å². The van der Waals surface area contributed by atoms with E-state index in [0.717, 1.165) is 26.2 Å². The van der Waals surface area contributed by atoms with E-state index in [0.29, 0.717) is 11.6 Å². The third kappa shape index (κ3) is 5.06. The molecule has 0 saturated carbocycles. The molecule has 4 heteroatoms. The van der Waals surface area contributed by atoms with Gasteiger partial charge in [0.05, 0.1) is 8.22 Å². The summed E-state index contributed by atoms with van der Waals surface area (Å²) in [7, 11) is -0.232. The van der Waals surface area contributed by atoms with E-state index in [4.69, 9.17) is 0 Å². The topological polar surface area (TPSA) is 6.48 Å². The van der Waals surface area contributed by atoms with E-state index in [1.807, 2.05) is 0 Å². The lowest BCUT2D eigenvalue weighted by atomic mass is 10.1. The first-order chi connectivity index (χ1) is 8.67. The van der Waals surface area contributed by atoms with E-state index in [1.165, 1.54) is 0 Å². The lowest BCUT2D eigenvalue weighted by molar-refractivity contribution is 0.421. The van der Waals surface area contributed by atoms with Crippen LogP contribution >= 0.6 is 8.22 Å². The maximum atomic E-state index is 2.64. The van der Waals surface area contributed by atoms with Crippen LogP contribution in [0.5, 0.6) is 0 Å². The van der Waals surface area contributed by atoms with Crippen LogP contribution in [0.3, 0.4) is 0 Å². The summed E-state index contributed by atoms with van der Waals surface area (Å²) in [5.41, 5.74) is 0.594. The van der Waals surface area contributed by atoms with Crippen molar-refractivity contribution < 1.29 is 0 Å². The minimum Gasteiger partial charge on any atom is -0.270 e. The largest absolute Gasteiger partial charge is 0.270 e. The normalized spacial score (nSPS) is 22.3. The van der Waals surface area contributed by atoms with Gasteiger partial charge in [-0.15, -0.1) is 0 Å². The standard InChI is InChI=1S/C15H29N2P.B/c1-6-16(7-2)18(17(8-3)9-4)15-12-10-14(5)11-13-15;/h10-15H,6-9H2,1-5H3;. The average molecular weight is 279 g/mol. The highest BCUT2D eigenvalue weighted by molar-refractivity contribution is 7.53. The number of hydrogen-bond acceptors (Lipinski definition) is 2. The molecule has 0 aliphatic heterocycles. The maximum absolute atomic E-state index is 2.64. The van der Waals surface area contributed by atoms with Gasteiger partial charge in [-0.3, -0.25) is 9.34 Å². The third-order valence-corrected chi connectivity index (χ3v) is 6.70. The quantitative estimate of drug-likeness (QED) is 0.398. The van der Waals surface area contributed by atoms with Crippen molar-refractivity contribution in [2.75, 3.05) is 26.2 Å². The second kappa shape index (κ2) is 9.74. The van der Waals surface area contributed by atoms with Gasteiger partial charge in [-0.25, -0.2) is 0 Å². The molecule has 0 aromatic rings. The van der Waals surface area contributed by atoms with Crippen LogP contribution < -0.4 is 0 Å². The number of rotatable bonds is 7. The van der Waals surface area contributed by atoms with Crippen molar-refractivity contribution in [3.05, 3.63) is 24.3 Å². The maximum Gasteiger partial charge on any atom is 0.0506 e. The molecule has 1 aliphatic rings. The zero-order valence-corrected chi connectivity index (χ0v) is 14.1. The average Bonchev–Trinajstić information content (AvgIpc) is 2.40. The Morgan fingerprint density at radius 2 is 1.16 bits per heavy atom. The zero-order valence-electron chi connectivity index (χ0n) is 13.2.